The fraction of sp³-hybridized carbons (Fsp3) is 0.909. The van der Waals surface area contributed by atoms with Crippen LogP contribution in [0.25, 0.3) is 0 Å². The van der Waals surface area contributed by atoms with Crippen LogP contribution < -0.4 is 5.32 Å². The minimum absolute atomic E-state index is 0.236. The third kappa shape index (κ3) is 6.76. The number of carbonyl (C=O) groups is 1. The Bertz CT molecular complexity index is 198. The van der Waals surface area contributed by atoms with E-state index >= 15 is 0 Å². The van der Waals surface area contributed by atoms with Gasteiger partial charge in [0.05, 0.1) is 6.61 Å². The molecule has 5 nitrogen and oxygen atoms in total. The summed E-state index contributed by atoms with van der Waals surface area (Å²) in [7, 11) is 3.55. The van der Waals surface area contributed by atoms with Gasteiger partial charge in [-0.05, 0) is 26.4 Å². The molecule has 0 fully saturated rings. The van der Waals surface area contributed by atoms with Crippen molar-refractivity contribution in [2.75, 3.05) is 34.0 Å². The Morgan fingerprint density at radius 2 is 2.12 bits per heavy atom. The van der Waals surface area contributed by atoms with Crippen molar-refractivity contribution in [3.05, 3.63) is 0 Å². The molecule has 5 heteroatoms. The lowest BCUT2D eigenvalue weighted by molar-refractivity contribution is -0.145. The van der Waals surface area contributed by atoms with Crippen LogP contribution in [0.3, 0.4) is 0 Å². The minimum Gasteiger partial charge on any atom is -0.480 e. The van der Waals surface area contributed by atoms with Crippen molar-refractivity contribution in [3.63, 3.8) is 0 Å². The van der Waals surface area contributed by atoms with Crippen molar-refractivity contribution in [2.45, 2.75) is 26.3 Å². The summed E-state index contributed by atoms with van der Waals surface area (Å²) < 4.78 is 5.39. The van der Waals surface area contributed by atoms with E-state index in [9.17, 15) is 4.79 Å². The number of aliphatic carboxylic acids is 1. The van der Waals surface area contributed by atoms with Gasteiger partial charge in [-0.2, -0.15) is 0 Å². The smallest absolute Gasteiger partial charge is 0.323 e. The first-order chi connectivity index (χ1) is 7.49. The Hall–Kier alpha value is -0.650. The third-order valence-electron chi connectivity index (χ3n) is 2.34. The average Bonchev–Trinajstić information content (AvgIpc) is 2.16. The van der Waals surface area contributed by atoms with E-state index in [1.807, 2.05) is 0 Å². The highest BCUT2D eigenvalue weighted by atomic mass is 16.5. The van der Waals surface area contributed by atoms with Crippen molar-refractivity contribution in [1.82, 2.24) is 10.2 Å². The molecule has 0 amide bonds. The van der Waals surface area contributed by atoms with Crippen LogP contribution in [0.1, 0.15) is 20.3 Å². The SMILES string of the molecule is CNCN(C)C(COCCC(C)C)C(=O)O. The van der Waals surface area contributed by atoms with E-state index in [-0.39, 0.29) is 6.61 Å². The van der Waals surface area contributed by atoms with Crippen molar-refractivity contribution < 1.29 is 14.6 Å². The zero-order chi connectivity index (χ0) is 12.6. The van der Waals surface area contributed by atoms with E-state index in [0.717, 1.165) is 6.42 Å². The molecule has 2 N–H and O–H groups in total. The second-order valence-electron chi connectivity index (χ2n) is 4.38. The van der Waals surface area contributed by atoms with Crippen molar-refractivity contribution >= 4 is 5.97 Å². The Kier molecular flexibility index (Phi) is 8.15. The molecule has 0 aliphatic heterocycles. The van der Waals surface area contributed by atoms with Crippen molar-refractivity contribution in [1.29, 1.82) is 0 Å². The van der Waals surface area contributed by atoms with Gasteiger partial charge in [0, 0.05) is 13.3 Å². The Labute approximate surface area is 97.8 Å². The van der Waals surface area contributed by atoms with E-state index in [0.29, 0.717) is 19.2 Å². The van der Waals surface area contributed by atoms with Crippen molar-refractivity contribution in [2.24, 2.45) is 5.92 Å². The molecule has 0 aliphatic carbocycles. The first-order valence-electron chi connectivity index (χ1n) is 5.64. The highest BCUT2D eigenvalue weighted by Crippen LogP contribution is 2.01. The zero-order valence-corrected chi connectivity index (χ0v) is 10.7. The fourth-order valence-electron chi connectivity index (χ4n) is 1.26. The standard InChI is InChI=1S/C11H24N2O3/c1-9(2)5-6-16-7-10(11(14)15)13(4)8-12-3/h9-10,12H,5-8H2,1-4H3,(H,14,15). The van der Waals surface area contributed by atoms with E-state index < -0.39 is 12.0 Å². The van der Waals surface area contributed by atoms with Crippen LogP contribution in [0.5, 0.6) is 0 Å². The number of nitrogens with zero attached hydrogens (tertiary/aromatic N) is 1. The van der Waals surface area contributed by atoms with Gasteiger partial charge in [0.25, 0.3) is 0 Å². The summed E-state index contributed by atoms with van der Waals surface area (Å²) in [5, 5.41) is 11.9. The monoisotopic (exact) mass is 232 g/mol. The lowest BCUT2D eigenvalue weighted by atomic mass is 10.1. The quantitative estimate of drug-likeness (QED) is 0.450. The van der Waals surface area contributed by atoms with Crippen LogP contribution >= 0.6 is 0 Å². The molecule has 0 rings (SSSR count). The second kappa shape index (κ2) is 8.50. The molecule has 16 heavy (non-hydrogen) atoms. The average molecular weight is 232 g/mol. The zero-order valence-electron chi connectivity index (χ0n) is 10.7. The summed E-state index contributed by atoms with van der Waals surface area (Å²) in [6.45, 7) is 5.62. The summed E-state index contributed by atoms with van der Waals surface area (Å²) >= 11 is 0. The van der Waals surface area contributed by atoms with E-state index in [4.69, 9.17) is 9.84 Å². The molecule has 0 bridgehead atoms. The number of ether oxygens (including phenoxy) is 1. The molecule has 0 aliphatic rings. The summed E-state index contributed by atoms with van der Waals surface area (Å²) in [5.41, 5.74) is 0. The number of rotatable bonds is 9. The number of nitrogens with one attached hydrogen (secondary N) is 1. The number of carboxylic acids is 1. The predicted molar refractivity (Wildman–Crippen MR) is 63.4 cm³/mol. The third-order valence-corrected chi connectivity index (χ3v) is 2.34. The summed E-state index contributed by atoms with van der Waals surface area (Å²) in [4.78, 5) is 12.7. The molecule has 0 aromatic carbocycles. The summed E-state index contributed by atoms with van der Waals surface area (Å²) in [6.07, 6.45) is 0.960. The van der Waals surface area contributed by atoms with Gasteiger partial charge in [-0.3, -0.25) is 9.69 Å². The summed E-state index contributed by atoms with van der Waals surface area (Å²) in [6, 6.07) is -0.584. The Morgan fingerprint density at radius 3 is 2.56 bits per heavy atom. The van der Waals surface area contributed by atoms with Gasteiger partial charge in [0.2, 0.25) is 0 Å². The molecular formula is C11H24N2O3. The molecule has 1 unspecified atom stereocenters. The highest BCUT2D eigenvalue weighted by Gasteiger charge is 2.22. The molecule has 0 spiro atoms. The number of hydrogen-bond donors (Lipinski definition) is 2. The van der Waals surface area contributed by atoms with Crippen LogP contribution in [0.2, 0.25) is 0 Å². The molecule has 96 valence electrons. The topological polar surface area (TPSA) is 61.8 Å². The molecule has 0 aromatic rings. The van der Waals surface area contributed by atoms with Crippen LogP contribution in [0, 0.1) is 5.92 Å². The molecule has 0 saturated heterocycles. The number of carboxylic acid groups (broad SMARTS) is 1. The van der Waals surface area contributed by atoms with Gasteiger partial charge < -0.3 is 15.2 Å². The maximum absolute atomic E-state index is 11.0. The molecular weight excluding hydrogens is 208 g/mol. The van der Waals surface area contributed by atoms with E-state index in [1.165, 1.54) is 0 Å². The molecule has 0 saturated carbocycles. The highest BCUT2D eigenvalue weighted by molar-refractivity contribution is 5.73. The van der Waals surface area contributed by atoms with E-state index in [2.05, 4.69) is 19.2 Å². The lowest BCUT2D eigenvalue weighted by Gasteiger charge is -2.24. The summed E-state index contributed by atoms with van der Waals surface area (Å²) in [5.74, 6) is -0.263. The van der Waals surface area contributed by atoms with Crippen LogP contribution in [0.15, 0.2) is 0 Å². The number of hydrogen-bond acceptors (Lipinski definition) is 4. The van der Waals surface area contributed by atoms with Gasteiger partial charge in [-0.1, -0.05) is 13.8 Å². The second-order valence-corrected chi connectivity index (χ2v) is 4.38. The first kappa shape index (κ1) is 15.3. The van der Waals surface area contributed by atoms with Gasteiger partial charge in [-0.15, -0.1) is 0 Å². The van der Waals surface area contributed by atoms with Crippen LogP contribution in [-0.4, -0.2) is 56.0 Å². The van der Waals surface area contributed by atoms with Crippen molar-refractivity contribution in [3.8, 4) is 0 Å². The van der Waals surface area contributed by atoms with Gasteiger partial charge in [-0.25, -0.2) is 0 Å². The normalized spacial score (nSPS) is 13.4. The first-order valence-corrected chi connectivity index (χ1v) is 5.64. The molecule has 0 aromatic heterocycles. The van der Waals surface area contributed by atoms with Crippen LogP contribution in [-0.2, 0) is 9.53 Å². The van der Waals surface area contributed by atoms with Gasteiger partial charge in [0.1, 0.15) is 6.04 Å². The van der Waals surface area contributed by atoms with E-state index in [1.54, 1.807) is 19.0 Å². The van der Waals surface area contributed by atoms with Gasteiger partial charge >= 0.3 is 5.97 Å². The molecule has 1 atom stereocenters. The molecule has 0 radical (unpaired) electrons. The largest absolute Gasteiger partial charge is 0.480 e. The fourth-order valence-corrected chi connectivity index (χ4v) is 1.26. The maximum Gasteiger partial charge on any atom is 0.323 e. The lowest BCUT2D eigenvalue weighted by Crippen LogP contribution is -2.45. The van der Waals surface area contributed by atoms with Gasteiger partial charge in [0.15, 0.2) is 0 Å². The minimum atomic E-state index is -0.845. The maximum atomic E-state index is 11.0. The van der Waals surface area contributed by atoms with Crippen LogP contribution in [0.4, 0.5) is 0 Å². The predicted octanol–water partition coefficient (Wildman–Crippen LogP) is 0.611. The Balaban J connectivity index is 3.90. The number of likely N-dealkylation sites (N-methyl/N-ethyl adjacent to an activating group) is 1. The molecule has 0 heterocycles. The Morgan fingerprint density at radius 1 is 1.50 bits per heavy atom.